The van der Waals surface area contributed by atoms with E-state index in [4.69, 9.17) is 9.47 Å². The quantitative estimate of drug-likeness (QED) is 0.671. The molecule has 1 aliphatic rings. The Morgan fingerprint density at radius 1 is 0.765 bits per heavy atom. The van der Waals surface area contributed by atoms with Gasteiger partial charge in [-0.05, 0) is 36.4 Å². The number of nitrogens with zero attached hydrogens (tertiary/aromatic N) is 1. The van der Waals surface area contributed by atoms with Gasteiger partial charge in [-0.2, -0.15) is 0 Å². The van der Waals surface area contributed by atoms with Crippen molar-refractivity contribution in [3.63, 3.8) is 0 Å². The second-order valence-corrected chi connectivity index (χ2v) is 3.88. The Bertz CT molecular complexity index is 527. The lowest BCUT2D eigenvalue weighted by molar-refractivity contribution is 0.414. The Morgan fingerprint density at radius 2 is 1.24 bits per heavy atom. The molecule has 3 heteroatoms. The highest BCUT2D eigenvalue weighted by Crippen LogP contribution is 2.45. The van der Waals surface area contributed by atoms with E-state index in [1.165, 1.54) is 0 Å². The summed E-state index contributed by atoms with van der Waals surface area (Å²) in [4.78, 5) is 0. The molecule has 2 aromatic carbocycles. The summed E-state index contributed by atoms with van der Waals surface area (Å²) < 4.78 is 10.5. The number of rotatable bonds is 2. The third-order valence-corrected chi connectivity index (χ3v) is 2.94. The van der Waals surface area contributed by atoms with Crippen LogP contribution in [0.4, 0.5) is 11.4 Å². The molecule has 1 heterocycles. The smallest absolute Gasteiger partial charge is 0.119 e. The van der Waals surface area contributed by atoms with E-state index in [0.717, 1.165) is 34.0 Å². The van der Waals surface area contributed by atoms with Crippen molar-refractivity contribution in [1.29, 1.82) is 0 Å². The van der Waals surface area contributed by atoms with Gasteiger partial charge in [0.15, 0.2) is 0 Å². The Morgan fingerprint density at radius 3 is 1.65 bits per heavy atom. The molecule has 2 aromatic rings. The number of methoxy groups -OCH3 is 2. The van der Waals surface area contributed by atoms with Crippen molar-refractivity contribution in [2.24, 2.45) is 0 Å². The summed E-state index contributed by atoms with van der Waals surface area (Å²) in [5.41, 5.74) is 4.15. The maximum atomic E-state index is 5.24. The van der Waals surface area contributed by atoms with Crippen LogP contribution in [0.25, 0.3) is 11.1 Å². The maximum Gasteiger partial charge on any atom is 0.119 e. The average molecular weight is 226 g/mol. The van der Waals surface area contributed by atoms with E-state index < -0.39 is 0 Å². The molecule has 17 heavy (non-hydrogen) atoms. The van der Waals surface area contributed by atoms with Gasteiger partial charge in [0.05, 0.1) is 25.6 Å². The molecular weight excluding hydrogens is 214 g/mol. The molecule has 0 spiro atoms. The van der Waals surface area contributed by atoms with E-state index in [1.54, 1.807) is 14.2 Å². The van der Waals surface area contributed by atoms with Crippen LogP contribution in [0.5, 0.6) is 11.5 Å². The zero-order valence-electron chi connectivity index (χ0n) is 9.73. The van der Waals surface area contributed by atoms with Gasteiger partial charge in [0.1, 0.15) is 11.5 Å². The third-order valence-electron chi connectivity index (χ3n) is 2.94. The van der Waals surface area contributed by atoms with Crippen LogP contribution in [0.2, 0.25) is 0 Å². The van der Waals surface area contributed by atoms with Gasteiger partial charge < -0.3 is 9.47 Å². The SMILES string of the molecule is COc1ccc2c(c1)-c1cc(OC)ccc1[N]2. The highest BCUT2D eigenvalue weighted by atomic mass is 16.5. The van der Waals surface area contributed by atoms with E-state index in [-0.39, 0.29) is 0 Å². The molecule has 85 valence electrons. The summed E-state index contributed by atoms with van der Waals surface area (Å²) in [5, 5.41) is 4.55. The molecular formula is C14H12NO2. The van der Waals surface area contributed by atoms with Gasteiger partial charge in [0, 0.05) is 11.1 Å². The molecule has 0 aromatic heterocycles. The van der Waals surface area contributed by atoms with Crippen LogP contribution < -0.4 is 14.8 Å². The number of hydrogen-bond acceptors (Lipinski definition) is 2. The molecule has 0 aliphatic carbocycles. The summed E-state index contributed by atoms with van der Waals surface area (Å²) in [6.07, 6.45) is 0. The second kappa shape index (κ2) is 3.70. The second-order valence-electron chi connectivity index (χ2n) is 3.88. The van der Waals surface area contributed by atoms with Crippen LogP contribution in [0, 0.1) is 0 Å². The van der Waals surface area contributed by atoms with Crippen molar-refractivity contribution in [3.05, 3.63) is 36.4 Å². The lowest BCUT2D eigenvalue weighted by Crippen LogP contribution is -1.84. The van der Waals surface area contributed by atoms with Crippen LogP contribution in [-0.2, 0) is 0 Å². The molecule has 0 N–H and O–H groups in total. The standard InChI is InChI=1S/C14H12NO2/c1-16-9-3-5-13-11(7-9)12-8-10(17-2)4-6-14(12)15-13/h3-8H,1-2H3. The van der Waals surface area contributed by atoms with Gasteiger partial charge in [0.25, 0.3) is 0 Å². The van der Waals surface area contributed by atoms with E-state index in [9.17, 15) is 0 Å². The third kappa shape index (κ3) is 1.51. The summed E-state index contributed by atoms with van der Waals surface area (Å²) in [6.45, 7) is 0. The van der Waals surface area contributed by atoms with Gasteiger partial charge in [-0.25, -0.2) is 5.32 Å². The molecule has 0 unspecified atom stereocenters. The zero-order chi connectivity index (χ0) is 11.8. The highest BCUT2D eigenvalue weighted by Gasteiger charge is 2.20. The van der Waals surface area contributed by atoms with Crippen LogP contribution in [0.1, 0.15) is 0 Å². The minimum absolute atomic E-state index is 0.842. The van der Waals surface area contributed by atoms with Crippen LogP contribution in [0.3, 0.4) is 0 Å². The Labute approximate surface area is 100.0 Å². The largest absolute Gasteiger partial charge is 0.497 e. The maximum absolute atomic E-state index is 5.24. The molecule has 0 saturated carbocycles. The zero-order valence-corrected chi connectivity index (χ0v) is 9.73. The normalized spacial score (nSPS) is 11.4. The summed E-state index contributed by atoms with van der Waals surface area (Å²) in [7, 11) is 3.33. The first-order valence-corrected chi connectivity index (χ1v) is 5.40. The molecule has 0 saturated heterocycles. The molecule has 0 amide bonds. The summed E-state index contributed by atoms with van der Waals surface area (Å²) >= 11 is 0. The number of benzene rings is 2. The predicted octanol–water partition coefficient (Wildman–Crippen LogP) is 3.25. The summed E-state index contributed by atoms with van der Waals surface area (Å²) in [6, 6.07) is 11.8. The molecule has 0 atom stereocenters. The van der Waals surface area contributed by atoms with Gasteiger partial charge >= 0.3 is 0 Å². The number of hydrogen-bond donors (Lipinski definition) is 0. The lowest BCUT2D eigenvalue weighted by Gasteiger charge is -2.04. The van der Waals surface area contributed by atoms with Gasteiger partial charge in [0.2, 0.25) is 0 Å². The first-order chi connectivity index (χ1) is 8.31. The van der Waals surface area contributed by atoms with Crippen LogP contribution in [-0.4, -0.2) is 14.2 Å². The summed E-state index contributed by atoms with van der Waals surface area (Å²) in [5.74, 6) is 1.68. The molecule has 3 nitrogen and oxygen atoms in total. The predicted molar refractivity (Wildman–Crippen MR) is 66.4 cm³/mol. The lowest BCUT2D eigenvalue weighted by atomic mass is 10.1. The van der Waals surface area contributed by atoms with Gasteiger partial charge in [-0.3, -0.25) is 0 Å². The molecule has 0 bridgehead atoms. The van der Waals surface area contributed by atoms with E-state index in [0.29, 0.717) is 0 Å². The van der Waals surface area contributed by atoms with Crippen LogP contribution in [0.15, 0.2) is 36.4 Å². The Kier molecular flexibility index (Phi) is 2.18. The average Bonchev–Trinajstić information content (AvgIpc) is 2.75. The molecule has 1 radical (unpaired) electrons. The fourth-order valence-corrected chi connectivity index (χ4v) is 2.04. The number of fused-ring (bicyclic) bond motifs is 3. The Hall–Kier alpha value is -2.16. The minimum atomic E-state index is 0.842. The monoisotopic (exact) mass is 226 g/mol. The molecule has 3 rings (SSSR count). The topological polar surface area (TPSA) is 32.6 Å². The van der Waals surface area contributed by atoms with Crippen molar-refractivity contribution in [2.45, 2.75) is 0 Å². The van der Waals surface area contributed by atoms with Crippen molar-refractivity contribution >= 4 is 11.4 Å². The van der Waals surface area contributed by atoms with Crippen molar-refractivity contribution in [1.82, 2.24) is 5.32 Å². The fourth-order valence-electron chi connectivity index (χ4n) is 2.04. The van der Waals surface area contributed by atoms with Crippen LogP contribution >= 0.6 is 0 Å². The first kappa shape index (κ1) is 10.0. The Balaban J connectivity index is 2.17. The van der Waals surface area contributed by atoms with Crippen molar-refractivity contribution in [2.75, 3.05) is 14.2 Å². The van der Waals surface area contributed by atoms with E-state index >= 15 is 0 Å². The first-order valence-electron chi connectivity index (χ1n) is 5.40. The van der Waals surface area contributed by atoms with Crippen molar-refractivity contribution < 1.29 is 9.47 Å². The van der Waals surface area contributed by atoms with E-state index in [1.807, 2.05) is 36.4 Å². The van der Waals surface area contributed by atoms with Gasteiger partial charge in [-0.15, -0.1) is 0 Å². The molecule has 1 aliphatic heterocycles. The minimum Gasteiger partial charge on any atom is -0.497 e. The van der Waals surface area contributed by atoms with Gasteiger partial charge in [-0.1, -0.05) is 0 Å². The van der Waals surface area contributed by atoms with E-state index in [2.05, 4.69) is 5.32 Å². The fraction of sp³-hybridized carbons (Fsp3) is 0.143. The van der Waals surface area contributed by atoms with Crippen molar-refractivity contribution in [3.8, 4) is 22.6 Å². The highest BCUT2D eigenvalue weighted by molar-refractivity contribution is 5.91. The number of ether oxygens (including phenoxy) is 2. The molecule has 0 fully saturated rings.